The number of carbonyl (C=O) groups is 5. The Balaban J connectivity index is 0.672. The Morgan fingerprint density at radius 3 is 2.25 bits per heavy atom. The van der Waals surface area contributed by atoms with Gasteiger partial charge in [-0.3, -0.25) is 39.1 Å². The van der Waals surface area contributed by atoms with Crippen LogP contribution in [0.4, 0.5) is 27.3 Å². The second-order valence-electron chi connectivity index (χ2n) is 17.5. The maximum Gasteiger partial charge on any atom is 0.262 e. The van der Waals surface area contributed by atoms with Crippen LogP contribution in [0.25, 0.3) is 11.2 Å². The highest BCUT2D eigenvalue weighted by atomic mass is 35.5. The van der Waals surface area contributed by atoms with E-state index in [0.717, 1.165) is 92.8 Å². The zero-order valence-electron chi connectivity index (χ0n) is 35.3. The molecule has 65 heavy (non-hydrogen) atoms. The number of anilines is 4. The topological polar surface area (TPSA) is 178 Å². The van der Waals surface area contributed by atoms with Gasteiger partial charge in [0.25, 0.3) is 17.7 Å². The summed E-state index contributed by atoms with van der Waals surface area (Å²) in [6.45, 7) is 5.98. The molecule has 2 aromatic heterocycles. The minimum Gasteiger partial charge on any atom is -0.369 e. The van der Waals surface area contributed by atoms with Crippen molar-refractivity contribution >= 4 is 86.8 Å². The van der Waals surface area contributed by atoms with E-state index in [2.05, 4.69) is 52.8 Å². The van der Waals surface area contributed by atoms with Crippen LogP contribution in [0.15, 0.2) is 67.3 Å². The Morgan fingerprint density at radius 2 is 1.54 bits per heavy atom. The predicted octanol–water partition coefficient (Wildman–Crippen LogP) is 5.98. The number of nitrogens with zero attached hydrogens (tertiary/aromatic N) is 8. The van der Waals surface area contributed by atoms with E-state index in [1.54, 1.807) is 24.5 Å². The number of hydrogen-bond donors (Lipinski definition) is 3. The summed E-state index contributed by atoms with van der Waals surface area (Å²) in [6, 6.07) is 14.9. The van der Waals surface area contributed by atoms with Crippen molar-refractivity contribution < 1.29 is 28.4 Å². The Labute approximate surface area is 383 Å². The highest BCUT2D eigenvalue weighted by Crippen LogP contribution is 2.37. The van der Waals surface area contributed by atoms with Gasteiger partial charge in [0.05, 0.1) is 38.8 Å². The van der Waals surface area contributed by atoms with E-state index >= 15 is 4.39 Å². The lowest BCUT2D eigenvalue weighted by atomic mass is 9.86. The number of fused-ring (bicyclic) bond motifs is 2. The van der Waals surface area contributed by atoms with Gasteiger partial charge in [-0.15, -0.1) is 0 Å². The summed E-state index contributed by atoms with van der Waals surface area (Å²) in [6.07, 6.45) is 7.64. The maximum absolute atomic E-state index is 15.5. The molecule has 1 aliphatic carbocycles. The number of piperidine rings is 2. The predicted molar refractivity (Wildman–Crippen MR) is 242 cm³/mol. The van der Waals surface area contributed by atoms with E-state index in [-0.39, 0.29) is 53.2 Å². The monoisotopic (exact) mass is 921 g/mol. The molecule has 5 amide bonds. The smallest absolute Gasteiger partial charge is 0.262 e. The fraction of sp³-hybridized carbons (Fsp3) is 0.391. The van der Waals surface area contributed by atoms with Gasteiger partial charge in [-0.05, 0) is 99.5 Å². The molecule has 16 nitrogen and oxygen atoms in total. The first-order valence-corrected chi connectivity index (χ1v) is 22.8. The van der Waals surface area contributed by atoms with E-state index in [4.69, 9.17) is 23.2 Å². The van der Waals surface area contributed by atoms with Gasteiger partial charge in [0.2, 0.25) is 11.8 Å². The SMILES string of the molecule is O=C1CC[C@H](N2C(=O)c3cc(F)c(N4CCC(CCN5CCN(c6ccc(Nc7ncnc8c7ncn8C7CC(NC(=O)c8c(Cl)cccc8Cl)C7)cc6)CC5)CC4)cc3C2=O)C(=O)N1. The number of nitrogens with one attached hydrogen (secondary N) is 3. The number of rotatable bonds is 11. The number of benzene rings is 3. The van der Waals surface area contributed by atoms with E-state index in [9.17, 15) is 24.0 Å². The summed E-state index contributed by atoms with van der Waals surface area (Å²) >= 11 is 12.5. The van der Waals surface area contributed by atoms with Crippen molar-refractivity contribution in [3.8, 4) is 0 Å². The van der Waals surface area contributed by atoms with Crippen molar-refractivity contribution in [2.45, 2.75) is 63.1 Å². The van der Waals surface area contributed by atoms with E-state index in [0.29, 0.717) is 40.4 Å². The van der Waals surface area contributed by atoms with Gasteiger partial charge in [0, 0.05) is 69.1 Å². The summed E-state index contributed by atoms with van der Waals surface area (Å²) in [5, 5.41) is 9.29. The van der Waals surface area contributed by atoms with E-state index < -0.39 is 35.5 Å². The number of hydrogen-bond acceptors (Lipinski definition) is 12. The van der Waals surface area contributed by atoms with Gasteiger partial charge in [0.1, 0.15) is 18.2 Å². The second-order valence-corrected chi connectivity index (χ2v) is 18.3. The summed E-state index contributed by atoms with van der Waals surface area (Å²) in [7, 11) is 0. The van der Waals surface area contributed by atoms with Crippen molar-refractivity contribution in [3.05, 3.63) is 99.8 Å². The number of imide groups is 2. The molecule has 19 heteroatoms. The average Bonchev–Trinajstić information content (AvgIpc) is 3.82. The fourth-order valence-electron chi connectivity index (χ4n) is 9.79. The van der Waals surface area contributed by atoms with Crippen molar-refractivity contribution in [1.82, 2.24) is 40.0 Å². The molecule has 0 bridgehead atoms. The summed E-state index contributed by atoms with van der Waals surface area (Å²) in [5.41, 5.74) is 4.03. The molecule has 336 valence electrons. The molecule has 0 spiro atoms. The summed E-state index contributed by atoms with van der Waals surface area (Å²) in [4.78, 5) is 84.8. The van der Waals surface area contributed by atoms with Crippen LogP contribution >= 0.6 is 23.2 Å². The highest BCUT2D eigenvalue weighted by Gasteiger charge is 2.45. The quantitative estimate of drug-likeness (QED) is 0.132. The molecule has 4 fully saturated rings. The van der Waals surface area contributed by atoms with Gasteiger partial charge in [-0.2, -0.15) is 0 Å². The minimum atomic E-state index is -1.09. The number of carbonyl (C=O) groups excluding carboxylic acids is 5. The van der Waals surface area contributed by atoms with Crippen LogP contribution in [-0.2, 0) is 9.59 Å². The van der Waals surface area contributed by atoms with Gasteiger partial charge in [-0.1, -0.05) is 29.3 Å². The van der Waals surface area contributed by atoms with Crippen molar-refractivity contribution in [1.29, 1.82) is 0 Å². The lowest BCUT2D eigenvalue weighted by Gasteiger charge is -2.38. The van der Waals surface area contributed by atoms with Crippen molar-refractivity contribution in [2.24, 2.45) is 5.92 Å². The normalized spacial score (nSPS) is 21.7. The molecular weight excluding hydrogens is 876 g/mol. The molecule has 5 aromatic rings. The molecular formula is C46H46Cl2FN11O5. The maximum atomic E-state index is 15.5. The van der Waals surface area contributed by atoms with Gasteiger partial charge in [0.15, 0.2) is 17.0 Å². The largest absolute Gasteiger partial charge is 0.369 e. The van der Waals surface area contributed by atoms with Gasteiger partial charge in [-0.25, -0.2) is 19.3 Å². The average molecular weight is 923 g/mol. The third-order valence-electron chi connectivity index (χ3n) is 13.6. The Kier molecular flexibility index (Phi) is 11.6. The lowest BCUT2D eigenvalue weighted by molar-refractivity contribution is -0.136. The van der Waals surface area contributed by atoms with Crippen molar-refractivity contribution in [3.63, 3.8) is 0 Å². The van der Waals surface area contributed by atoms with Gasteiger partial charge >= 0.3 is 0 Å². The summed E-state index contributed by atoms with van der Waals surface area (Å²) in [5.74, 6) is -2.24. The van der Waals surface area contributed by atoms with Crippen molar-refractivity contribution in [2.75, 3.05) is 60.9 Å². The highest BCUT2D eigenvalue weighted by molar-refractivity contribution is 6.39. The first-order chi connectivity index (χ1) is 31.5. The molecule has 1 atom stereocenters. The number of amides is 5. The number of aromatic nitrogens is 4. The molecule has 5 aliphatic rings. The third-order valence-corrected chi connectivity index (χ3v) is 14.2. The van der Waals surface area contributed by atoms with Crippen LogP contribution in [0.1, 0.15) is 82.1 Å². The van der Waals surface area contributed by atoms with Crippen LogP contribution in [0.5, 0.6) is 0 Å². The molecule has 3 N–H and O–H groups in total. The molecule has 4 aliphatic heterocycles. The Morgan fingerprint density at radius 1 is 0.831 bits per heavy atom. The van der Waals surface area contributed by atoms with Crippen LogP contribution in [0.3, 0.4) is 0 Å². The number of imidazole rings is 1. The lowest BCUT2D eigenvalue weighted by Crippen LogP contribution is -2.54. The van der Waals surface area contributed by atoms with E-state index in [1.807, 2.05) is 21.6 Å². The minimum absolute atomic E-state index is 0.0214. The standard InChI is InChI=1S/C46H46Cl2FN11O5/c47-33-2-1-3-34(48)39(33)44(63)54-28-20-30(21-28)59-25-52-40-41(50-24-51-42(40)59)53-27-4-6-29(7-5-27)57-18-16-56(17-19-57)13-10-26-11-14-58(15-12-26)37-23-32-31(22-35(37)49)45(64)60(46(32)65)36-8-9-38(61)55-43(36)62/h1-7,22-26,28,30,36H,8-21H2,(H,54,63)(H,50,51,53)(H,55,61,62)/t28?,30?,36-/m0/s1. The van der Waals surface area contributed by atoms with Gasteiger partial charge < -0.3 is 25.0 Å². The zero-order valence-corrected chi connectivity index (χ0v) is 36.8. The molecule has 3 aromatic carbocycles. The van der Waals surface area contributed by atoms with Crippen LogP contribution in [0, 0.1) is 11.7 Å². The molecule has 0 unspecified atom stereocenters. The first kappa shape index (κ1) is 42.8. The molecule has 6 heterocycles. The molecule has 0 radical (unpaired) electrons. The Hall–Kier alpha value is -6.17. The first-order valence-electron chi connectivity index (χ1n) is 22.1. The van der Waals surface area contributed by atoms with Crippen LogP contribution < -0.4 is 25.8 Å². The Bertz CT molecular complexity index is 2690. The molecule has 10 rings (SSSR count). The van der Waals surface area contributed by atoms with E-state index in [1.165, 1.54) is 12.4 Å². The van der Waals surface area contributed by atoms with Crippen LogP contribution in [-0.4, -0.2) is 117 Å². The zero-order chi connectivity index (χ0) is 44.9. The fourth-order valence-corrected chi connectivity index (χ4v) is 10.4. The number of piperazine rings is 1. The van der Waals surface area contributed by atoms with Crippen LogP contribution in [0.2, 0.25) is 10.0 Å². The molecule has 3 saturated heterocycles. The third kappa shape index (κ3) is 8.36. The summed E-state index contributed by atoms with van der Waals surface area (Å²) < 4.78 is 17.5. The number of halogens is 3. The molecule has 1 saturated carbocycles. The second kappa shape index (κ2) is 17.7.